The van der Waals surface area contributed by atoms with Crippen LogP contribution in [0.2, 0.25) is 0 Å². The minimum Gasteiger partial charge on any atom is -0.393 e. The van der Waals surface area contributed by atoms with Crippen LogP contribution in [0.1, 0.15) is 32.1 Å². The van der Waals surface area contributed by atoms with E-state index in [1.807, 2.05) is 0 Å². The van der Waals surface area contributed by atoms with E-state index >= 15 is 0 Å². The van der Waals surface area contributed by atoms with Crippen LogP contribution in [0.5, 0.6) is 0 Å². The quantitative estimate of drug-likeness (QED) is 0.837. The summed E-state index contributed by atoms with van der Waals surface area (Å²) in [5, 5.41) is 9.61. The highest BCUT2D eigenvalue weighted by Gasteiger charge is 2.20. The number of nitrogens with zero attached hydrogens (tertiary/aromatic N) is 4. The molecule has 1 aromatic rings. The van der Waals surface area contributed by atoms with Crippen molar-refractivity contribution >= 4 is 11.6 Å². The molecule has 1 unspecified atom stereocenters. The van der Waals surface area contributed by atoms with E-state index in [9.17, 15) is 5.11 Å². The van der Waals surface area contributed by atoms with Gasteiger partial charge < -0.3 is 20.6 Å². The molecule has 3 N–H and O–H groups in total. The number of aliphatic hydroxyl groups is 1. The third kappa shape index (κ3) is 3.63. The monoisotopic (exact) mass is 291 g/mol. The zero-order chi connectivity index (χ0) is 14.7. The Morgan fingerprint density at radius 1 is 1.00 bits per heavy atom. The molecule has 21 heavy (non-hydrogen) atoms. The van der Waals surface area contributed by atoms with E-state index < -0.39 is 0 Å². The Labute approximate surface area is 126 Å². The third-order valence-electron chi connectivity index (χ3n) is 4.46. The molecule has 6 heteroatoms. The molecule has 0 aromatic carbocycles. The normalized spacial score (nSPS) is 25.0. The van der Waals surface area contributed by atoms with E-state index in [0.29, 0.717) is 0 Å². The first kappa shape index (κ1) is 14.5. The summed E-state index contributed by atoms with van der Waals surface area (Å²) in [7, 11) is 0. The number of nitrogens with two attached hydrogens (primary N) is 1. The lowest BCUT2D eigenvalue weighted by atomic mass is 10.1. The lowest BCUT2D eigenvalue weighted by Gasteiger charge is -2.31. The molecule has 0 aliphatic carbocycles. The minimum atomic E-state index is -0.161. The molecule has 2 aliphatic rings. The molecule has 2 fully saturated rings. The van der Waals surface area contributed by atoms with Gasteiger partial charge in [-0.3, -0.25) is 0 Å². The van der Waals surface area contributed by atoms with Gasteiger partial charge in [-0.25, -0.2) is 9.97 Å². The van der Waals surface area contributed by atoms with Crippen LogP contribution < -0.4 is 15.5 Å². The molecule has 0 amide bonds. The summed E-state index contributed by atoms with van der Waals surface area (Å²) in [5.74, 6) is 1.94. The van der Waals surface area contributed by atoms with E-state index in [-0.39, 0.29) is 12.1 Å². The fraction of sp³-hybridized carbons (Fsp3) is 0.733. The molecule has 0 saturated carbocycles. The molecule has 6 nitrogen and oxygen atoms in total. The molecule has 0 spiro atoms. The van der Waals surface area contributed by atoms with Crippen molar-refractivity contribution < 1.29 is 5.11 Å². The summed E-state index contributed by atoms with van der Waals surface area (Å²) in [6.07, 6.45) is 6.57. The summed E-state index contributed by atoms with van der Waals surface area (Å²) in [5.41, 5.74) is 6.14. The second kappa shape index (κ2) is 6.58. The zero-order valence-electron chi connectivity index (χ0n) is 12.5. The Morgan fingerprint density at radius 3 is 2.48 bits per heavy atom. The van der Waals surface area contributed by atoms with Crippen LogP contribution in [0.25, 0.3) is 0 Å². The van der Waals surface area contributed by atoms with Gasteiger partial charge >= 0.3 is 0 Å². The molecule has 116 valence electrons. The minimum absolute atomic E-state index is 0.161. The average molecular weight is 291 g/mol. The van der Waals surface area contributed by atoms with Crippen molar-refractivity contribution in [2.75, 3.05) is 36.0 Å². The molecule has 2 aliphatic heterocycles. The van der Waals surface area contributed by atoms with Crippen molar-refractivity contribution in [3.05, 3.63) is 12.4 Å². The molecule has 1 aromatic heterocycles. The molecular weight excluding hydrogens is 266 g/mol. The highest BCUT2D eigenvalue weighted by Crippen LogP contribution is 2.23. The molecule has 1 atom stereocenters. The lowest BCUT2D eigenvalue weighted by Crippen LogP contribution is -2.38. The van der Waals surface area contributed by atoms with Crippen LogP contribution in [0.4, 0.5) is 11.6 Å². The van der Waals surface area contributed by atoms with Crippen molar-refractivity contribution in [1.29, 1.82) is 0 Å². The van der Waals surface area contributed by atoms with E-state index in [2.05, 4.69) is 25.8 Å². The van der Waals surface area contributed by atoms with Crippen LogP contribution in [0.15, 0.2) is 12.4 Å². The van der Waals surface area contributed by atoms with E-state index in [1.165, 1.54) is 12.8 Å². The highest BCUT2D eigenvalue weighted by atomic mass is 16.3. The average Bonchev–Trinajstić information content (AvgIpc) is 2.73. The first-order chi connectivity index (χ1) is 10.2. The fourth-order valence-electron chi connectivity index (χ4n) is 3.16. The maximum Gasteiger partial charge on any atom is 0.134 e. The Hall–Kier alpha value is -1.40. The van der Waals surface area contributed by atoms with E-state index in [1.54, 1.807) is 6.33 Å². The number of aromatic nitrogens is 2. The van der Waals surface area contributed by atoms with Gasteiger partial charge in [-0.05, 0) is 25.7 Å². The van der Waals surface area contributed by atoms with Crippen LogP contribution >= 0.6 is 0 Å². The topological polar surface area (TPSA) is 78.5 Å². The van der Waals surface area contributed by atoms with Crippen molar-refractivity contribution in [2.24, 2.45) is 5.73 Å². The second-order valence-corrected chi connectivity index (χ2v) is 6.15. The Morgan fingerprint density at radius 2 is 1.71 bits per heavy atom. The summed E-state index contributed by atoms with van der Waals surface area (Å²) < 4.78 is 0. The predicted octanol–water partition coefficient (Wildman–Crippen LogP) is 0.755. The van der Waals surface area contributed by atoms with Crippen molar-refractivity contribution in [3.8, 4) is 0 Å². The number of rotatable bonds is 2. The summed E-state index contributed by atoms with van der Waals surface area (Å²) >= 11 is 0. The lowest BCUT2D eigenvalue weighted by molar-refractivity contribution is 0.145. The molecule has 3 heterocycles. The first-order valence-corrected chi connectivity index (χ1v) is 7.98. The van der Waals surface area contributed by atoms with Gasteiger partial charge in [0.1, 0.15) is 18.0 Å². The number of hydrogen-bond acceptors (Lipinski definition) is 6. The van der Waals surface area contributed by atoms with Crippen LogP contribution in [-0.4, -0.2) is 53.4 Å². The predicted molar refractivity (Wildman–Crippen MR) is 83.5 cm³/mol. The van der Waals surface area contributed by atoms with Crippen molar-refractivity contribution in [1.82, 2.24) is 9.97 Å². The van der Waals surface area contributed by atoms with Crippen LogP contribution in [-0.2, 0) is 0 Å². The van der Waals surface area contributed by atoms with Gasteiger partial charge in [0.25, 0.3) is 0 Å². The summed E-state index contributed by atoms with van der Waals surface area (Å²) in [6.45, 7) is 3.60. The molecule has 0 radical (unpaired) electrons. The third-order valence-corrected chi connectivity index (χ3v) is 4.46. The zero-order valence-corrected chi connectivity index (χ0v) is 12.5. The van der Waals surface area contributed by atoms with E-state index in [4.69, 9.17) is 5.73 Å². The van der Waals surface area contributed by atoms with Crippen LogP contribution in [0.3, 0.4) is 0 Å². The Bertz CT molecular complexity index is 461. The van der Waals surface area contributed by atoms with Gasteiger partial charge in [-0.1, -0.05) is 6.42 Å². The van der Waals surface area contributed by atoms with Gasteiger partial charge in [0.05, 0.1) is 6.10 Å². The second-order valence-electron chi connectivity index (χ2n) is 6.15. The maximum absolute atomic E-state index is 9.61. The number of aliphatic hydroxyl groups excluding tert-OH is 1. The largest absolute Gasteiger partial charge is 0.393 e. The van der Waals surface area contributed by atoms with Gasteiger partial charge in [-0.15, -0.1) is 0 Å². The Kier molecular flexibility index (Phi) is 4.55. The molecule has 0 bridgehead atoms. The Balaban J connectivity index is 1.73. The molecule has 2 saturated heterocycles. The van der Waals surface area contributed by atoms with Gasteiger partial charge in [-0.2, -0.15) is 0 Å². The summed E-state index contributed by atoms with van der Waals surface area (Å²) in [4.78, 5) is 13.3. The van der Waals surface area contributed by atoms with Crippen molar-refractivity contribution in [3.63, 3.8) is 0 Å². The van der Waals surface area contributed by atoms with Gasteiger partial charge in [0.2, 0.25) is 0 Å². The maximum atomic E-state index is 9.61. The van der Waals surface area contributed by atoms with E-state index in [0.717, 1.165) is 57.1 Å². The number of anilines is 2. The molecule has 3 rings (SSSR count). The first-order valence-electron chi connectivity index (χ1n) is 7.98. The van der Waals surface area contributed by atoms with Gasteiger partial charge in [0.15, 0.2) is 0 Å². The molecular formula is C15H25N5O. The SMILES string of the molecule is NC1CCCCN(c2cc(N3CCC(O)CC3)ncn2)C1. The standard InChI is InChI=1S/C15H25N5O/c16-12-3-1-2-6-20(10-12)15-9-14(17-11-18-15)19-7-4-13(21)5-8-19/h9,11-13,21H,1-8,10,16H2. The van der Waals surface area contributed by atoms with Crippen LogP contribution in [0, 0.1) is 0 Å². The number of hydrogen-bond donors (Lipinski definition) is 2. The highest BCUT2D eigenvalue weighted by molar-refractivity contribution is 5.50. The van der Waals surface area contributed by atoms with Gasteiger partial charge in [0, 0.05) is 38.3 Å². The number of piperidine rings is 1. The fourth-order valence-corrected chi connectivity index (χ4v) is 3.16. The smallest absolute Gasteiger partial charge is 0.134 e. The van der Waals surface area contributed by atoms with Crippen molar-refractivity contribution in [2.45, 2.75) is 44.2 Å². The summed E-state index contributed by atoms with van der Waals surface area (Å²) in [6, 6.07) is 2.30.